The van der Waals surface area contributed by atoms with Crippen molar-refractivity contribution in [2.24, 2.45) is 5.41 Å². The Labute approximate surface area is 127 Å². The summed E-state index contributed by atoms with van der Waals surface area (Å²) in [6, 6.07) is 0. The molecule has 1 aliphatic carbocycles. The molecule has 2 saturated heterocycles. The van der Waals surface area contributed by atoms with Gasteiger partial charge in [-0.3, -0.25) is 0 Å². The minimum absolute atomic E-state index is 0.127. The van der Waals surface area contributed by atoms with Gasteiger partial charge in [0.1, 0.15) is 0 Å². The fourth-order valence-corrected chi connectivity index (χ4v) is 5.55. The summed E-state index contributed by atoms with van der Waals surface area (Å²) in [5, 5.41) is -0.135. The van der Waals surface area contributed by atoms with Gasteiger partial charge >= 0.3 is 0 Å². The molecule has 0 radical (unpaired) electrons. The van der Waals surface area contributed by atoms with Crippen molar-refractivity contribution < 1.29 is 17.9 Å². The van der Waals surface area contributed by atoms with Crippen LogP contribution in [0.2, 0.25) is 0 Å². The molecule has 120 valence electrons. The van der Waals surface area contributed by atoms with Gasteiger partial charge in [0.15, 0.2) is 0 Å². The number of nitrogens with zero attached hydrogens (tertiary/aromatic N) is 1. The topological polar surface area (TPSA) is 55.8 Å². The van der Waals surface area contributed by atoms with Gasteiger partial charge in [-0.25, -0.2) is 12.7 Å². The number of hydrogen-bond acceptors (Lipinski definition) is 4. The minimum atomic E-state index is -3.11. The van der Waals surface area contributed by atoms with Gasteiger partial charge in [-0.2, -0.15) is 0 Å². The van der Waals surface area contributed by atoms with E-state index in [4.69, 9.17) is 9.47 Å². The number of ether oxygens (including phenoxy) is 2. The van der Waals surface area contributed by atoms with E-state index >= 15 is 0 Å². The lowest BCUT2D eigenvalue weighted by Gasteiger charge is -2.49. The van der Waals surface area contributed by atoms with Crippen LogP contribution in [0.1, 0.15) is 32.1 Å². The summed E-state index contributed by atoms with van der Waals surface area (Å²) in [6.07, 6.45) is 6.23. The highest BCUT2D eigenvalue weighted by Crippen LogP contribution is 2.43. The van der Waals surface area contributed by atoms with E-state index in [2.05, 4.69) is 6.58 Å². The normalized spacial score (nSPS) is 34.4. The number of rotatable bonds is 6. The zero-order valence-corrected chi connectivity index (χ0v) is 13.3. The molecule has 0 unspecified atom stereocenters. The maximum Gasteiger partial charge on any atom is 0.217 e. The van der Waals surface area contributed by atoms with Gasteiger partial charge in [-0.15, -0.1) is 6.58 Å². The molecule has 3 aliphatic rings. The predicted octanol–water partition coefficient (Wildman–Crippen LogP) is 1.55. The molecule has 0 aromatic carbocycles. The van der Waals surface area contributed by atoms with Crippen LogP contribution in [0.25, 0.3) is 0 Å². The Bertz CT molecular complexity index is 488. The van der Waals surface area contributed by atoms with E-state index in [0.717, 1.165) is 38.7 Å². The van der Waals surface area contributed by atoms with E-state index < -0.39 is 10.0 Å². The van der Waals surface area contributed by atoms with Gasteiger partial charge in [0.2, 0.25) is 10.0 Å². The first-order valence-corrected chi connectivity index (χ1v) is 9.38. The maximum atomic E-state index is 12.5. The SMILES string of the molecule is C=CCOC[C@@]12CCCO[C@H]1CCN(S(=O)(=O)C1CC1)C2. The quantitative estimate of drug-likeness (QED) is 0.551. The Morgan fingerprint density at radius 3 is 2.90 bits per heavy atom. The predicted molar refractivity (Wildman–Crippen MR) is 80.6 cm³/mol. The standard InChI is InChI=1S/C15H25NO4S/c1-2-9-19-12-15-7-3-10-20-14(15)6-8-16(11-15)21(17,18)13-4-5-13/h2,13-14H,1,3-12H2/t14-,15-/m0/s1. The molecule has 0 bridgehead atoms. The molecule has 0 spiro atoms. The highest BCUT2D eigenvalue weighted by molar-refractivity contribution is 7.90. The summed E-state index contributed by atoms with van der Waals surface area (Å²) >= 11 is 0. The molecule has 1 saturated carbocycles. The van der Waals surface area contributed by atoms with Gasteiger partial charge < -0.3 is 9.47 Å². The molecule has 3 rings (SSSR count). The Balaban J connectivity index is 1.75. The molecule has 21 heavy (non-hydrogen) atoms. The van der Waals surface area contributed by atoms with Crippen LogP contribution in [0.3, 0.4) is 0 Å². The first-order chi connectivity index (χ1) is 10.1. The van der Waals surface area contributed by atoms with E-state index in [1.807, 2.05) is 0 Å². The van der Waals surface area contributed by atoms with Crippen molar-refractivity contribution in [2.75, 3.05) is 32.9 Å². The van der Waals surface area contributed by atoms with E-state index in [9.17, 15) is 8.42 Å². The van der Waals surface area contributed by atoms with E-state index in [1.165, 1.54) is 0 Å². The number of piperidine rings is 1. The third-order valence-corrected chi connectivity index (χ3v) is 7.23. The molecule has 5 nitrogen and oxygen atoms in total. The third kappa shape index (κ3) is 3.04. The van der Waals surface area contributed by atoms with Crippen LogP contribution in [-0.4, -0.2) is 57.0 Å². The molecule has 0 aromatic heterocycles. The summed E-state index contributed by atoms with van der Waals surface area (Å²) in [6.45, 7) is 6.65. The third-order valence-electron chi connectivity index (χ3n) is 4.88. The highest BCUT2D eigenvalue weighted by atomic mass is 32.2. The lowest BCUT2D eigenvalue weighted by Crippen LogP contribution is -2.58. The number of fused-ring (bicyclic) bond motifs is 1. The van der Waals surface area contributed by atoms with Gasteiger partial charge in [0.25, 0.3) is 0 Å². The molecule has 2 heterocycles. The Morgan fingerprint density at radius 2 is 2.19 bits per heavy atom. The monoisotopic (exact) mass is 315 g/mol. The number of hydrogen-bond donors (Lipinski definition) is 0. The summed E-state index contributed by atoms with van der Waals surface area (Å²) in [5.74, 6) is 0. The van der Waals surface area contributed by atoms with Crippen LogP contribution in [0, 0.1) is 5.41 Å². The first kappa shape index (κ1) is 15.5. The second-order valence-corrected chi connectivity index (χ2v) is 8.71. The minimum Gasteiger partial charge on any atom is -0.377 e. The zero-order chi connectivity index (χ0) is 14.9. The van der Waals surface area contributed by atoms with Crippen molar-refractivity contribution in [2.45, 2.75) is 43.5 Å². The van der Waals surface area contributed by atoms with Gasteiger partial charge in [0, 0.05) is 25.1 Å². The largest absolute Gasteiger partial charge is 0.377 e. The van der Waals surface area contributed by atoms with Crippen LogP contribution in [0.4, 0.5) is 0 Å². The second kappa shape index (κ2) is 5.99. The fourth-order valence-electron chi connectivity index (χ4n) is 3.60. The van der Waals surface area contributed by atoms with Crippen molar-refractivity contribution in [3.05, 3.63) is 12.7 Å². The molecule has 0 N–H and O–H groups in total. The maximum absolute atomic E-state index is 12.5. The molecule has 0 aromatic rings. The lowest BCUT2D eigenvalue weighted by molar-refractivity contribution is -0.140. The molecule has 6 heteroatoms. The van der Waals surface area contributed by atoms with Crippen LogP contribution < -0.4 is 0 Å². The van der Waals surface area contributed by atoms with Crippen molar-refractivity contribution >= 4 is 10.0 Å². The molecule has 2 aliphatic heterocycles. The molecule has 2 atom stereocenters. The summed E-state index contributed by atoms with van der Waals surface area (Å²) < 4.78 is 38.4. The molecule has 3 fully saturated rings. The van der Waals surface area contributed by atoms with Crippen molar-refractivity contribution in [1.29, 1.82) is 0 Å². The van der Waals surface area contributed by atoms with E-state index in [-0.39, 0.29) is 16.8 Å². The smallest absolute Gasteiger partial charge is 0.217 e. The highest BCUT2D eigenvalue weighted by Gasteiger charge is 2.51. The molecule has 0 amide bonds. The number of sulfonamides is 1. The summed E-state index contributed by atoms with van der Waals surface area (Å²) in [5.41, 5.74) is -0.179. The average Bonchev–Trinajstić information content (AvgIpc) is 3.32. The lowest BCUT2D eigenvalue weighted by atomic mass is 9.73. The van der Waals surface area contributed by atoms with Crippen molar-refractivity contribution in [1.82, 2.24) is 4.31 Å². The Hall–Kier alpha value is -0.430. The fraction of sp³-hybridized carbons (Fsp3) is 0.867. The Morgan fingerprint density at radius 1 is 1.38 bits per heavy atom. The van der Waals surface area contributed by atoms with Crippen molar-refractivity contribution in [3.8, 4) is 0 Å². The van der Waals surface area contributed by atoms with Crippen LogP contribution in [0.15, 0.2) is 12.7 Å². The first-order valence-electron chi connectivity index (χ1n) is 7.88. The molecular formula is C15H25NO4S. The second-order valence-electron chi connectivity index (χ2n) is 6.50. The average molecular weight is 315 g/mol. The molecular weight excluding hydrogens is 290 g/mol. The summed E-state index contributed by atoms with van der Waals surface area (Å²) in [7, 11) is -3.11. The van der Waals surface area contributed by atoms with E-state index in [1.54, 1.807) is 10.4 Å². The van der Waals surface area contributed by atoms with Crippen LogP contribution in [-0.2, 0) is 19.5 Å². The van der Waals surface area contributed by atoms with E-state index in [0.29, 0.717) is 26.3 Å². The summed E-state index contributed by atoms with van der Waals surface area (Å²) in [4.78, 5) is 0. The van der Waals surface area contributed by atoms with Crippen molar-refractivity contribution in [3.63, 3.8) is 0 Å². The van der Waals surface area contributed by atoms with Gasteiger partial charge in [0.05, 0.1) is 24.6 Å². The zero-order valence-electron chi connectivity index (χ0n) is 12.5. The van der Waals surface area contributed by atoms with Crippen LogP contribution in [0.5, 0.6) is 0 Å². The van der Waals surface area contributed by atoms with Gasteiger partial charge in [-0.05, 0) is 32.1 Å². The van der Waals surface area contributed by atoms with Gasteiger partial charge in [-0.1, -0.05) is 6.08 Å². The Kier molecular flexibility index (Phi) is 4.41. The van der Waals surface area contributed by atoms with Crippen LogP contribution >= 0.6 is 0 Å².